The van der Waals surface area contributed by atoms with Gasteiger partial charge in [0.15, 0.2) is 6.61 Å². The van der Waals surface area contributed by atoms with Gasteiger partial charge in [0.25, 0.3) is 5.91 Å². The van der Waals surface area contributed by atoms with E-state index in [9.17, 15) is 22.8 Å². The highest BCUT2D eigenvalue weighted by molar-refractivity contribution is 6.31. The highest BCUT2D eigenvalue weighted by atomic mass is 35.5. The van der Waals surface area contributed by atoms with Crippen LogP contribution in [-0.2, 0) is 27.9 Å². The normalized spacial score (nSPS) is 11.5. The molecule has 11 heteroatoms. The number of amides is 1. The number of nitrogens with zero attached hydrogens (tertiary/aromatic N) is 2. The summed E-state index contributed by atoms with van der Waals surface area (Å²) < 4.78 is 47.3. The number of carbonyl (C=O) groups excluding carboxylic acids is 2. The van der Waals surface area contributed by atoms with Gasteiger partial charge in [0.05, 0.1) is 5.69 Å². The van der Waals surface area contributed by atoms with E-state index < -0.39 is 30.6 Å². The molecule has 1 aromatic carbocycles. The van der Waals surface area contributed by atoms with Crippen LogP contribution < -0.4 is 10.1 Å². The Bertz CT molecular complexity index is 926. The van der Waals surface area contributed by atoms with E-state index in [1.54, 1.807) is 14.0 Å². The van der Waals surface area contributed by atoms with E-state index in [1.807, 2.05) is 0 Å². The number of alkyl halides is 3. The SMILES string of the molecule is Cc1nn(C)c(Cl)c1/C=C/C(=O)OCC(=O)NCc1ccccc1OC(F)(F)F. The Morgan fingerprint density at radius 3 is 2.62 bits per heavy atom. The number of nitrogens with one attached hydrogen (secondary N) is 1. The van der Waals surface area contributed by atoms with Gasteiger partial charge in [0, 0.05) is 30.8 Å². The van der Waals surface area contributed by atoms with Crippen LogP contribution in [0.5, 0.6) is 5.75 Å². The Hall–Kier alpha value is -3.01. The lowest BCUT2D eigenvalue weighted by Gasteiger charge is -2.13. The van der Waals surface area contributed by atoms with Gasteiger partial charge in [-0.25, -0.2) is 4.79 Å². The number of halogens is 4. The summed E-state index contributed by atoms with van der Waals surface area (Å²) in [6, 6.07) is 5.37. The maximum atomic E-state index is 12.4. The summed E-state index contributed by atoms with van der Waals surface area (Å²) in [6.45, 7) is 0.874. The first-order valence-electron chi connectivity index (χ1n) is 8.21. The zero-order valence-electron chi connectivity index (χ0n) is 15.4. The fraction of sp³-hybridized carbons (Fsp3) is 0.278. The van der Waals surface area contributed by atoms with Gasteiger partial charge in [-0.15, -0.1) is 13.2 Å². The second-order valence-corrected chi connectivity index (χ2v) is 6.14. The minimum atomic E-state index is -4.85. The highest BCUT2D eigenvalue weighted by Crippen LogP contribution is 2.26. The molecule has 0 unspecified atom stereocenters. The van der Waals surface area contributed by atoms with E-state index in [4.69, 9.17) is 16.3 Å². The topological polar surface area (TPSA) is 82.5 Å². The molecule has 0 atom stereocenters. The Kier molecular flexibility index (Phi) is 7.27. The van der Waals surface area contributed by atoms with Gasteiger partial charge in [-0.05, 0) is 19.1 Å². The quantitative estimate of drug-likeness (QED) is 0.538. The van der Waals surface area contributed by atoms with Crippen molar-refractivity contribution in [1.29, 1.82) is 0 Å². The van der Waals surface area contributed by atoms with Crippen molar-refractivity contribution in [1.82, 2.24) is 15.1 Å². The number of benzene rings is 1. The third-order valence-corrected chi connectivity index (χ3v) is 4.05. The number of hydrogen-bond acceptors (Lipinski definition) is 5. The van der Waals surface area contributed by atoms with Crippen LogP contribution >= 0.6 is 11.6 Å². The van der Waals surface area contributed by atoms with Crippen molar-refractivity contribution in [2.24, 2.45) is 7.05 Å². The molecule has 0 radical (unpaired) electrons. The molecule has 2 rings (SSSR count). The zero-order valence-corrected chi connectivity index (χ0v) is 16.2. The van der Waals surface area contributed by atoms with E-state index in [0.717, 1.165) is 12.1 Å². The third-order valence-electron chi connectivity index (χ3n) is 3.60. The zero-order chi connectivity index (χ0) is 21.6. The minimum absolute atomic E-state index is 0.117. The molecule has 0 saturated heterocycles. The Morgan fingerprint density at radius 1 is 1.31 bits per heavy atom. The largest absolute Gasteiger partial charge is 0.573 e. The summed E-state index contributed by atoms with van der Waals surface area (Å²) >= 11 is 6.03. The molecule has 0 bridgehead atoms. The summed E-state index contributed by atoms with van der Waals surface area (Å²) in [5.41, 5.74) is 1.27. The van der Waals surface area contributed by atoms with E-state index in [0.29, 0.717) is 16.4 Å². The van der Waals surface area contributed by atoms with Gasteiger partial charge in [-0.3, -0.25) is 9.48 Å². The lowest BCUT2D eigenvalue weighted by molar-refractivity contribution is -0.274. The Labute approximate surface area is 169 Å². The molecule has 29 heavy (non-hydrogen) atoms. The Morgan fingerprint density at radius 2 is 2.00 bits per heavy atom. The number of hydrogen-bond donors (Lipinski definition) is 1. The van der Waals surface area contributed by atoms with Crippen molar-refractivity contribution in [3.8, 4) is 5.75 Å². The molecule has 1 amide bonds. The standard InChI is InChI=1S/C18H17ClF3N3O4/c1-11-13(17(19)25(2)24-11)7-8-16(27)28-10-15(26)23-9-12-5-3-4-6-14(12)29-18(20,21)22/h3-8H,9-10H2,1-2H3,(H,23,26)/b8-7+. The molecule has 0 aliphatic heterocycles. The molecule has 1 N–H and O–H groups in total. The van der Waals surface area contributed by atoms with Crippen molar-refractivity contribution in [2.45, 2.75) is 19.8 Å². The molecule has 0 aliphatic rings. The van der Waals surface area contributed by atoms with E-state index in [2.05, 4.69) is 15.2 Å². The molecule has 1 heterocycles. The summed E-state index contributed by atoms with van der Waals surface area (Å²) in [5, 5.41) is 6.77. The Balaban J connectivity index is 1.85. The molecule has 2 aromatic rings. The van der Waals surface area contributed by atoms with Crippen molar-refractivity contribution >= 4 is 29.6 Å². The van der Waals surface area contributed by atoms with Crippen LogP contribution in [0, 0.1) is 6.92 Å². The maximum absolute atomic E-state index is 12.4. The molecule has 0 aliphatic carbocycles. The summed E-state index contributed by atoms with van der Waals surface area (Å²) in [4.78, 5) is 23.5. The fourth-order valence-corrected chi connectivity index (χ4v) is 2.53. The van der Waals surface area contributed by atoms with Gasteiger partial charge in [0.2, 0.25) is 0 Å². The van der Waals surface area contributed by atoms with Gasteiger partial charge in [-0.2, -0.15) is 5.10 Å². The molecule has 0 spiro atoms. The minimum Gasteiger partial charge on any atom is -0.452 e. The van der Waals surface area contributed by atoms with Crippen molar-refractivity contribution in [2.75, 3.05) is 6.61 Å². The van der Waals surface area contributed by atoms with Crippen molar-refractivity contribution in [3.05, 3.63) is 52.3 Å². The lowest BCUT2D eigenvalue weighted by atomic mass is 10.2. The van der Waals surface area contributed by atoms with Crippen molar-refractivity contribution < 1.29 is 32.2 Å². The maximum Gasteiger partial charge on any atom is 0.573 e. The second kappa shape index (κ2) is 9.46. The molecular weight excluding hydrogens is 415 g/mol. The highest BCUT2D eigenvalue weighted by Gasteiger charge is 2.32. The monoisotopic (exact) mass is 431 g/mol. The summed E-state index contributed by atoms with van der Waals surface area (Å²) in [6.07, 6.45) is -2.34. The fourth-order valence-electron chi connectivity index (χ4n) is 2.29. The second-order valence-electron chi connectivity index (χ2n) is 5.79. The predicted octanol–water partition coefficient (Wildman–Crippen LogP) is 3.15. The number of aryl methyl sites for hydroxylation is 2. The predicted molar refractivity (Wildman–Crippen MR) is 97.9 cm³/mol. The average Bonchev–Trinajstić information content (AvgIpc) is 2.88. The van der Waals surface area contributed by atoms with Crippen LogP contribution in [0.4, 0.5) is 13.2 Å². The number of esters is 1. The molecule has 7 nitrogen and oxygen atoms in total. The van der Waals surface area contributed by atoms with Crippen LogP contribution in [0.25, 0.3) is 6.08 Å². The molecule has 0 fully saturated rings. The van der Waals surface area contributed by atoms with Crippen LogP contribution in [0.3, 0.4) is 0 Å². The lowest BCUT2D eigenvalue weighted by Crippen LogP contribution is -2.28. The summed E-state index contributed by atoms with van der Waals surface area (Å²) in [5.74, 6) is -1.91. The van der Waals surface area contributed by atoms with Crippen LogP contribution in [0.15, 0.2) is 30.3 Å². The van der Waals surface area contributed by atoms with Crippen molar-refractivity contribution in [3.63, 3.8) is 0 Å². The average molecular weight is 432 g/mol. The van der Waals surface area contributed by atoms with E-state index >= 15 is 0 Å². The number of rotatable bonds is 7. The van der Waals surface area contributed by atoms with E-state index in [-0.39, 0.29) is 12.1 Å². The van der Waals surface area contributed by atoms with Crippen LogP contribution in [0.2, 0.25) is 5.15 Å². The van der Waals surface area contributed by atoms with Gasteiger partial charge in [-0.1, -0.05) is 29.8 Å². The van der Waals surface area contributed by atoms with Gasteiger partial charge in [0.1, 0.15) is 10.9 Å². The van der Waals surface area contributed by atoms with Gasteiger partial charge >= 0.3 is 12.3 Å². The molecule has 0 saturated carbocycles. The van der Waals surface area contributed by atoms with Crippen LogP contribution in [0.1, 0.15) is 16.8 Å². The van der Waals surface area contributed by atoms with Crippen LogP contribution in [-0.4, -0.2) is 34.6 Å². The molecule has 1 aromatic heterocycles. The number of para-hydroxylation sites is 1. The number of aromatic nitrogens is 2. The smallest absolute Gasteiger partial charge is 0.452 e. The van der Waals surface area contributed by atoms with Gasteiger partial charge < -0.3 is 14.8 Å². The first kappa shape index (κ1) is 22.3. The number of carbonyl (C=O) groups is 2. The first-order chi connectivity index (χ1) is 13.6. The van der Waals surface area contributed by atoms with E-state index in [1.165, 1.54) is 29.0 Å². The summed E-state index contributed by atoms with van der Waals surface area (Å²) in [7, 11) is 1.65. The molecular formula is C18H17ClF3N3O4. The number of ether oxygens (including phenoxy) is 2. The third kappa shape index (κ3) is 6.83. The first-order valence-corrected chi connectivity index (χ1v) is 8.59. The molecule has 156 valence electrons.